The predicted molar refractivity (Wildman–Crippen MR) is 118 cm³/mol. The summed E-state index contributed by atoms with van der Waals surface area (Å²) in [6, 6.07) is 6.82. The zero-order valence-electron chi connectivity index (χ0n) is 18.7. The van der Waals surface area contributed by atoms with E-state index >= 15 is 0 Å². The molecule has 0 saturated heterocycles. The number of rotatable bonds is 10. The van der Waals surface area contributed by atoms with E-state index in [0.717, 1.165) is 9.87 Å². The standard InChI is InChI=1S/C22H31N3O5S/c1-6-16(4)21(22(27)30-8-3)24(5)31(28,29)18-11-9-17(10-12-18)15-25-19(7-2)23-14-13-20(25)26/h9-14,16,21H,6-8,15H2,1-5H3/t16-,21-/m0/s1. The van der Waals surface area contributed by atoms with E-state index in [1.165, 1.54) is 31.4 Å². The van der Waals surface area contributed by atoms with Gasteiger partial charge in [-0.05, 0) is 30.5 Å². The Balaban J connectivity index is 2.32. The minimum atomic E-state index is -3.92. The number of aromatic nitrogens is 2. The molecule has 0 saturated carbocycles. The van der Waals surface area contributed by atoms with E-state index in [1.807, 2.05) is 20.8 Å². The van der Waals surface area contributed by atoms with Crippen molar-refractivity contribution in [1.82, 2.24) is 13.9 Å². The Morgan fingerprint density at radius 2 is 1.81 bits per heavy atom. The molecule has 1 heterocycles. The van der Waals surface area contributed by atoms with E-state index in [4.69, 9.17) is 4.74 Å². The fourth-order valence-electron chi connectivity index (χ4n) is 3.38. The first-order valence-electron chi connectivity index (χ1n) is 10.5. The second-order valence-corrected chi connectivity index (χ2v) is 9.38. The van der Waals surface area contributed by atoms with E-state index in [1.54, 1.807) is 23.6 Å². The monoisotopic (exact) mass is 449 g/mol. The van der Waals surface area contributed by atoms with Crippen LogP contribution in [0.25, 0.3) is 0 Å². The number of likely N-dealkylation sites (N-methyl/N-ethyl adjacent to an activating group) is 1. The van der Waals surface area contributed by atoms with Crippen LogP contribution in [-0.2, 0) is 32.5 Å². The molecule has 0 fully saturated rings. The van der Waals surface area contributed by atoms with Crippen molar-refractivity contribution in [1.29, 1.82) is 0 Å². The molecule has 0 aliphatic carbocycles. The lowest BCUT2D eigenvalue weighted by Crippen LogP contribution is -2.47. The van der Waals surface area contributed by atoms with Crippen LogP contribution in [0.15, 0.2) is 46.2 Å². The molecule has 0 bridgehead atoms. The fraction of sp³-hybridized carbons (Fsp3) is 0.500. The first-order valence-corrected chi connectivity index (χ1v) is 11.9. The van der Waals surface area contributed by atoms with Gasteiger partial charge in [0, 0.05) is 25.7 Å². The molecule has 2 aromatic rings. The SMILES string of the molecule is CCOC(=O)[C@H]([C@@H](C)CC)N(C)S(=O)(=O)c1ccc(Cn2c(CC)nccc2=O)cc1. The number of nitrogens with zero attached hydrogens (tertiary/aromatic N) is 3. The maximum Gasteiger partial charge on any atom is 0.324 e. The Labute approximate surface area is 183 Å². The molecule has 31 heavy (non-hydrogen) atoms. The third-order valence-corrected chi connectivity index (χ3v) is 7.23. The van der Waals surface area contributed by atoms with Crippen molar-refractivity contribution in [3.8, 4) is 0 Å². The fourth-order valence-corrected chi connectivity index (χ4v) is 4.79. The number of esters is 1. The maximum atomic E-state index is 13.2. The number of benzene rings is 1. The topological polar surface area (TPSA) is 98.6 Å². The number of carbonyl (C=O) groups is 1. The van der Waals surface area contributed by atoms with Gasteiger partial charge in [0.1, 0.15) is 11.9 Å². The van der Waals surface area contributed by atoms with Crippen LogP contribution < -0.4 is 5.56 Å². The summed E-state index contributed by atoms with van der Waals surface area (Å²) in [5.41, 5.74) is 0.615. The Morgan fingerprint density at radius 3 is 2.35 bits per heavy atom. The first-order chi connectivity index (χ1) is 14.7. The van der Waals surface area contributed by atoms with Gasteiger partial charge >= 0.3 is 5.97 Å². The average Bonchev–Trinajstić information content (AvgIpc) is 2.75. The highest BCUT2D eigenvalue weighted by atomic mass is 32.2. The molecule has 0 unspecified atom stereocenters. The van der Waals surface area contributed by atoms with Crippen molar-refractivity contribution in [3.05, 3.63) is 58.3 Å². The van der Waals surface area contributed by atoms with Crippen LogP contribution in [0.1, 0.15) is 45.5 Å². The number of sulfonamides is 1. The maximum absolute atomic E-state index is 13.2. The summed E-state index contributed by atoms with van der Waals surface area (Å²) in [4.78, 5) is 28.9. The van der Waals surface area contributed by atoms with E-state index in [9.17, 15) is 18.0 Å². The Hall–Kier alpha value is -2.52. The van der Waals surface area contributed by atoms with Crippen molar-refractivity contribution in [2.45, 2.75) is 58.0 Å². The van der Waals surface area contributed by atoms with Gasteiger partial charge in [-0.2, -0.15) is 4.31 Å². The summed E-state index contributed by atoms with van der Waals surface area (Å²) in [6.45, 7) is 7.81. The molecule has 0 amide bonds. The molecule has 0 aliphatic rings. The molecule has 1 aromatic heterocycles. The summed E-state index contributed by atoms with van der Waals surface area (Å²) in [5.74, 6) is -0.0969. The molecule has 2 rings (SSSR count). The Bertz CT molecular complexity index is 1050. The average molecular weight is 450 g/mol. The third-order valence-electron chi connectivity index (χ3n) is 5.38. The highest BCUT2D eigenvalue weighted by Gasteiger charge is 2.37. The van der Waals surface area contributed by atoms with Crippen LogP contribution in [-0.4, -0.2) is 47.9 Å². The minimum Gasteiger partial charge on any atom is -0.465 e. The van der Waals surface area contributed by atoms with E-state index < -0.39 is 22.0 Å². The summed E-state index contributed by atoms with van der Waals surface area (Å²) in [6.07, 6.45) is 2.72. The van der Waals surface area contributed by atoms with Crippen LogP contribution in [0.4, 0.5) is 0 Å². The van der Waals surface area contributed by atoms with Crippen molar-refractivity contribution >= 4 is 16.0 Å². The van der Waals surface area contributed by atoms with Crippen LogP contribution in [0.3, 0.4) is 0 Å². The van der Waals surface area contributed by atoms with Gasteiger partial charge < -0.3 is 4.74 Å². The van der Waals surface area contributed by atoms with Gasteiger partial charge in [-0.1, -0.05) is 39.3 Å². The summed E-state index contributed by atoms with van der Waals surface area (Å²) < 4.78 is 34.1. The quantitative estimate of drug-likeness (QED) is 0.517. The van der Waals surface area contributed by atoms with Crippen LogP contribution in [0, 0.1) is 5.92 Å². The molecular weight excluding hydrogens is 418 g/mol. The molecule has 2 atom stereocenters. The second-order valence-electron chi connectivity index (χ2n) is 7.39. The highest BCUT2D eigenvalue weighted by molar-refractivity contribution is 7.89. The van der Waals surface area contributed by atoms with Crippen molar-refractivity contribution < 1.29 is 17.9 Å². The molecule has 8 nitrogen and oxygen atoms in total. The number of ether oxygens (including phenoxy) is 1. The summed E-state index contributed by atoms with van der Waals surface area (Å²) >= 11 is 0. The normalized spacial score (nSPS) is 13.7. The van der Waals surface area contributed by atoms with Crippen LogP contribution >= 0.6 is 0 Å². The smallest absolute Gasteiger partial charge is 0.324 e. The van der Waals surface area contributed by atoms with Gasteiger partial charge in [-0.15, -0.1) is 0 Å². The van der Waals surface area contributed by atoms with E-state index in [-0.39, 0.29) is 23.0 Å². The lowest BCUT2D eigenvalue weighted by molar-refractivity contribution is -0.149. The zero-order valence-corrected chi connectivity index (χ0v) is 19.6. The van der Waals surface area contributed by atoms with Gasteiger partial charge in [-0.3, -0.25) is 14.2 Å². The molecule has 0 N–H and O–H groups in total. The van der Waals surface area contributed by atoms with Crippen molar-refractivity contribution in [3.63, 3.8) is 0 Å². The van der Waals surface area contributed by atoms with Gasteiger partial charge in [0.15, 0.2) is 0 Å². The number of hydrogen-bond donors (Lipinski definition) is 0. The van der Waals surface area contributed by atoms with Gasteiger partial charge in [0.25, 0.3) is 5.56 Å². The zero-order chi connectivity index (χ0) is 23.2. The summed E-state index contributed by atoms with van der Waals surface area (Å²) in [5, 5.41) is 0. The Morgan fingerprint density at radius 1 is 1.16 bits per heavy atom. The number of hydrogen-bond acceptors (Lipinski definition) is 6. The van der Waals surface area contributed by atoms with E-state index in [2.05, 4.69) is 4.98 Å². The Kier molecular flexibility index (Phi) is 8.52. The van der Waals surface area contributed by atoms with Gasteiger partial charge in [0.2, 0.25) is 10.0 Å². The van der Waals surface area contributed by atoms with Gasteiger partial charge in [-0.25, -0.2) is 13.4 Å². The highest BCUT2D eigenvalue weighted by Crippen LogP contribution is 2.23. The molecule has 170 valence electrons. The van der Waals surface area contributed by atoms with Gasteiger partial charge in [0.05, 0.1) is 18.0 Å². The molecule has 0 spiro atoms. The molecule has 0 radical (unpaired) electrons. The number of aryl methyl sites for hydroxylation is 1. The van der Waals surface area contributed by atoms with Crippen molar-refractivity contribution in [2.24, 2.45) is 5.92 Å². The molecule has 1 aromatic carbocycles. The first kappa shape index (κ1) is 24.7. The molecule has 9 heteroatoms. The lowest BCUT2D eigenvalue weighted by atomic mass is 9.99. The second kappa shape index (κ2) is 10.7. The van der Waals surface area contributed by atoms with Crippen LogP contribution in [0.2, 0.25) is 0 Å². The van der Waals surface area contributed by atoms with Crippen molar-refractivity contribution in [2.75, 3.05) is 13.7 Å². The lowest BCUT2D eigenvalue weighted by Gasteiger charge is -2.29. The largest absolute Gasteiger partial charge is 0.465 e. The minimum absolute atomic E-state index is 0.0746. The van der Waals surface area contributed by atoms with E-state index in [0.29, 0.717) is 25.2 Å². The van der Waals surface area contributed by atoms with Crippen LogP contribution in [0.5, 0.6) is 0 Å². The summed E-state index contributed by atoms with van der Waals surface area (Å²) in [7, 11) is -2.51. The predicted octanol–water partition coefficient (Wildman–Crippen LogP) is 2.45. The number of carbonyl (C=O) groups excluding carboxylic acids is 1. The molecular formula is C22H31N3O5S. The third kappa shape index (κ3) is 5.59. The molecule has 0 aliphatic heterocycles.